The highest BCUT2D eigenvalue weighted by Gasteiger charge is 2.51. The molecule has 0 amide bonds. The molecule has 1 N–H and O–H groups in total. The minimum Gasteiger partial charge on any atom is -0.380 e. The topological polar surface area (TPSA) is 30.5 Å². The van der Waals surface area contributed by atoms with E-state index in [0.29, 0.717) is 42.2 Å². The van der Waals surface area contributed by atoms with Crippen LogP contribution in [0.4, 0.5) is 0 Å². The number of piperidine rings is 1. The molecular formula is C14H25NO2. The summed E-state index contributed by atoms with van der Waals surface area (Å²) in [6.07, 6.45) is 6.32. The van der Waals surface area contributed by atoms with Crippen molar-refractivity contribution in [3.8, 4) is 0 Å². The largest absolute Gasteiger partial charge is 0.380 e. The molecule has 0 radical (unpaired) electrons. The molecule has 1 aliphatic carbocycles. The van der Waals surface area contributed by atoms with Crippen molar-refractivity contribution in [2.24, 2.45) is 11.8 Å². The Kier molecular flexibility index (Phi) is 3.18. The second-order valence-electron chi connectivity index (χ2n) is 6.16. The van der Waals surface area contributed by atoms with Crippen molar-refractivity contribution in [3.05, 3.63) is 0 Å². The van der Waals surface area contributed by atoms with E-state index in [1.54, 1.807) is 0 Å². The summed E-state index contributed by atoms with van der Waals surface area (Å²) in [6.45, 7) is 4.54. The molecular weight excluding hydrogens is 214 g/mol. The molecule has 3 nitrogen and oxygen atoms in total. The molecule has 0 aromatic carbocycles. The Bertz CT molecular complexity index is 281. The molecule has 0 bridgehead atoms. The molecule has 17 heavy (non-hydrogen) atoms. The molecule has 2 heterocycles. The number of ether oxygens (including phenoxy) is 2. The van der Waals surface area contributed by atoms with Crippen LogP contribution in [0.3, 0.4) is 0 Å². The van der Waals surface area contributed by atoms with Gasteiger partial charge in [-0.2, -0.15) is 0 Å². The van der Waals surface area contributed by atoms with Crippen LogP contribution < -0.4 is 5.32 Å². The van der Waals surface area contributed by atoms with E-state index >= 15 is 0 Å². The van der Waals surface area contributed by atoms with E-state index in [-0.39, 0.29) is 0 Å². The van der Waals surface area contributed by atoms with Gasteiger partial charge >= 0.3 is 0 Å². The summed E-state index contributed by atoms with van der Waals surface area (Å²) >= 11 is 0. The quantitative estimate of drug-likeness (QED) is 0.759. The molecule has 3 rings (SSSR count). The van der Waals surface area contributed by atoms with Crippen molar-refractivity contribution in [1.29, 1.82) is 0 Å². The number of fused-ring (bicyclic) bond motifs is 3. The molecule has 7 atom stereocenters. The lowest BCUT2D eigenvalue weighted by Crippen LogP contribution is -2.62. The molecule has 0 aromatic rings. The van der Waals surface area contributed by atoms with Gasteiger partial charge in [0.25, 0.3) is 0 Å². The van der Waals surface area contributed by atoms with Gasteiger partial charge in [0.15, 0.2) is 0 Å². The lowest BCUT2D eigenvalue weighted by molar-refractivity contribution is -0.0834. The van der Waals surface area contributed by atoms with Crippen LogP contribution in [0.1, 0.15) is 39.5 Å². The first-order valence-corrected chi connectivity index (χ1v) is 7.15. The summed E-state index contributed by atoms with van der Waals surface area (Å²) in [7, 11) is 1.85. The van der Waals surface area contributed by atoms with Crippen LogP contribution in [0.15, 0.2) is 0 Å². The van der Waals surface area contributed by atoms with Crippen LogP contribution in [0.2, 0.25) is 0 Å². The Labute approximate surface area is 104 Å². The molecule has 6 unspecified atom stereocenters. The SMILES string of the molecule is COC1CCCC2C1NC(C)C1C[C@@H](C)OC12. The normalized spacial score (nSPS) is 54.2. The van der Waals surface area contributed by atoms with Crippen molar-refractivity contribution < 1.29 is 9.47 Å². The van der Waals surface area contributed by atoms with E-state index in [9.17, 15) is 0 Å². The first kappa shape index (κ1) is 11.9. The zero-order valence-corrected chi connectivity index (χ0v) is 11.2. The molecule has 98 valence electrons. The minimum atomic E-state index is 0.386. The van der Waals surface area contributed by atoms with Crippen LogP contribution in [0, 0.1) is 11.8 Å². The maximum absolute atomic E-state index is 6.20. The fraction of sp³-hybridized carbons (Fsp3) is 1.00. The predicted octanol–water partition coefficient (Wildman–Crippen LogP) is 1.96. The van der Waals surface area contributed by atoms with Crippen LogP contribution >= 0.6 is 0 Å². The molecule has 3 fully saturated rings. The molecule has 3 aliphatic rings. The number of methoxy groups -OCH3 is 1. The summed E-state index contributed by atoms with van der Waals surface area (Å²) in [5.74, 6) is 1.38. The lowest BCUT2D eigenvalue weighted by Gasteiger charge is -2.48. The first-order valence-electron chi connectivity index (χ1n) is 7.15. The average molecular weight is 239 g/mol. The zero-order chi connectivity index (χ0) is 12.0. The summed E-state index contributed by atoms with van der Waals surface area (Å²) in [5, 5.41) is 3.81. The fourth-order valence-corrected chi connectivity index (χ4v) is 4.33. The summed E-state index contributed by atoms with van der Waals surface area (Å²) in [5.41, 5.74) is 0. The van der Waals surface area contributed by atoms with Gasteiger partial charge in [-0.25, -0.2) is 0 Å². The van der Waals surface area contributed by atoms with Crippen molar-refractivity contribution >= 4 is 0 Å². The molecule has 0 aromatic heterocycles. The van der Waals surface area contributed by atoms with Crippen LogP contribution in [0.5, 0.6) is 0 Å². The van der Waals surface area contributed by atoms with Gasteiger partial charge in [0, 0.05) is 31.0 Å². The Morgan fingerprint density at radius 3 is 2.76 bits per heavy atom. The molecule has 0 spiro atoms. The van der Waals surface area contributed by atoms with Crippen molar-refractivity contribution in [2.45, 2.75) is 69.9 Å². The molecule has 2 saturated heterocycles. The highest BCUT2D eigenvalue weighted by atomic mass is 16.5. The first-order chi connectivity index (χ1) is 8.20. The van der Waals surface area contributed by atoms with Gasteiger partial charge in [-0.1, -0.05) is 6.42 Å². The Morgan fingerprint density at radius 1 is 1.18 bits per heavy atom. The Balaban J connectivity index is 1.81. The van der Waals surface area contributed by atoms with Crippen LogP contribution in [-0.2, 0) is 9.47 Å². The summed E-state index contributed by atoms with van der Waals surface area (Å²) < 4.78 is 11.9. The monoisotopic (exact) mass is 239 g/mol. The highest BCUT2D eigenvalue weighted by Crippen LogP contribution is 2.43. The van der Waals surface area contributed by atoms with Gasteiger partial charge in [-0.15, -0.1) is 0 Å². The van der Waals surface area contributed by atoms with Crippen molar-refractivity contribution in [3.63, 3.8) is 0 Å². The number of nitrogens with one attached hydrogen (secondary N) is 1. The second kappa shape index (κ2) is 4.52. The third kappa shape index (κ3) is 1.92. The standard InChI is InChI=1S/C14H25NO2/c1-8-7-11-9(2)15-13-10(14(11)17-8)5-4-6-12(13)16-3/h8-15H,4-7H2,1-3H3/t8-,9?,10?,11?,12?,13?,14?/m1/s1. The number of rotatable bonds is 1. The maximum Gasteiger partial charge on any atom is 0.0728 e. The average Bonchev–Trinajstić information content (AvgIpc) is 2.71. The van der Waals surface area contributed by atoms with Gasteiger partial charge in [0.05, 0.1) is 18.3 Å². The van der Waals surface area contributed by atoms with E-state index in [1.807, 2.05) is 7.11 Å². The van der Waals surface area contributed by atoms with E-state index in [0.717, 1.165) is 0 Å². The van der Waals surface area contributed by atoms with Gasteiger partial charge in [0.2, 0.25) is 0 Å². The smallest absolute Gasteiger partial charge is 0.0728 e. The van der Waals surface area contributed by atoms with Gasteiger partial charge in [0.1, 0.15) is 0 Å². The maximum atomic E-state index is 6.20. The van der Waals surface area contributed by atoms with E-state index in [1.165, 1.54) is 25.7 Å². The van der Waals surface area contributed by atoms with Crippen LogP contribution in [-0.4, -0.2) is 37.5 Å². The lowest BCUT2D eigenvalue weighted by atomic mass is 9.70. The van der Waals surface area contributed by atoms with Gasteiger partial charge < -0.3 is 14.8 Å². The van der Waals surface area contributed by atoms with Crippen molar-refractivity contribution in [1.82, 2.24) is 5.32 Å². The fourth-order valence-electron chi connectivity index (χ4n) is 4.33. The number of hydrogen-bond acceptors (Lipinski definition) is 3. The van der Waals surface area contributed by atoms with Gasteiger partial charge in [-0.3, -0.25) is 0 Å². The van der Waals surface area contributed by atoms with E-state index < -0.39 is 0 Å². The summed E-state index contributed by atoms with van der Waals surface area (Å²) in [4.78, 5) is 0. The second-order valence-corrected chi connectivity index (χ2v) is 6.16. The molecule has 2 aliphatic heterocycles. The third-order valence-corrected chi connectivity index (χ3v) is 5.13. The highest BCUT2D eigenvalue weighted by molar-refractivity contribution is 5.04. The molecule has 3 heteroatoms. The Morgan fingerprint density at radius 2 is 2.00 bits per heavy atom. The third-order valence-electron chi connectivity index (χ3n) is 5.13. The van der Waals surface area contributed by atoms with E-state index in [2.05, 4.69) is 19.2 Å². The predicted molar refractivity (Wildman–Crippen MR) is 67.0 cm³/mol. The van der Waals surface area contributed by atoms with Crippen LogP contribution in [0.25, 0.3) is 0 Å². The molecule has 1 saturated carbocycles. The zero-order valence-electron chi connectivity index (χ0n) is 11.2. The van der Waals surface area contributed by atoms with E-state index in [4.69, 9.17) is 9.47 Å². The van der Waals surface area contributed by atoms with Gasteiger partial charge in [-0.05, 0) is 33.1 Å². The number of hydrogen-bond donors (Lipinski definition) is 1. The Hall–Kier alpha value is -0.120. The summed E-state index contributed by atoms with van der Waals surface area (Å²) in [6, 6.07) is 1.08. The minimum absolute atomic E-state index is 0.386. The van der Waals surface area contributed by atoms with Crippen molar-refractivity contribution in [2.75, 3.05) is 7.11 Å².